The molecule has 0 saturated heterocycles. The van der Waals surface area contributed by atoms with E-state index in [2.05, 4.69) is 69.0 Å². The normalized spacial score (nSPS) is 17.5. The van der Waals surface area contributed by atoms with E-state index in [1.54, 1.807) is 5.56 Å². The molecule has 2 rings (SSSR count). The molecule has 0 heterocycles. The molecule has 2 heteroatoms. The molecule has 1 N–H and O–H groups in total. The van der Waals surface area contributed by atoms with Gasteiger partial charge < -0.3 is 5.32 Å². The Balaban J connectivity index is 2.07. The van der Waals surface area contributed by atoms with Crippen LogP contribution in [0.1, 0.15) is 76.5 Å². The van der Waals surface area contributed by atoms with Crippen molar-refractivity contribution in [1.29, 1.82) is 0 Å². The molecule has 0 spiro atoms. The average Bonchev–Trinajstić information content (AvgIpc) is 2.36. The van der Waals surface area contributed by atoms with Crippen molar-refractivity contribution in [1.82, 2.24) is 5.32 Å². The standard InChI is InChI=1S/C19H31NS/c1-5-12-20-18(14-21-19(2,3)4)17-11-7-10-16(13-17)15-8-6-9-15/h7,10-11,13,15,18,20H,5-6,8-9,12,14H2,1-4H3. The summed E-state index contributed by atoms with van der Waals surface area (Å²) in [5.74, 6) is 1.98. The molecule has 1 aromatic carbocycles. The van der Waals surface area contributed by atoms with Gasteiger partial charge in [-0.1, -0.05) is 58.4 Å². The molecule has 1 saturated carbocycles. The molecule has 1 unspecified atom stereocenters. The zero-order valence-electron chi connectivity index (χ0n) is 14.1. The monoisotopic (exact) mass is 305 g/mol. The summed E-state index contributed by atoms with van der Waals surface area (Å²) in [6.07, 6.45) is 5.37. The molecule has 1 fully saturated rings. The van der Waals surface area contributed by atoms with Gasteiger partial charge in [-0.3, -0.25) is 0 Å². The van der Waals surface area contributed by atoms with Gasteiger partial charge in [-0.25, -0.2) is 0 Å². The van der Waals surface area contributed by atoms with Crippen molar-refractivity contribution in [2.45, 2.75) is 70.1 Å². The molecular weight excluding hydrogens is 274 g/mol. The van der Waals surface area contributed by atoms with E-state index in [4.69, 9.17) is 0 Å². The van der Waals surface area contributed by atoms with E-state index in [0.717, 1.165) is 18.2 Å². The van der Waals surface area contributed by atoms with Gasteiger partial charge in [0.25, 0.3) is 0 Å². The number of hydrogen-bond donors (Lipinski definition) is 1. The molecule has 0 aromatic heterocycles. The maximum Gasteiger partial charge on any atom is 0.0412 e. The second kappa shape index (κ2) is 7.69. The van der Waals surface area contributed by atoms with E-state index in [0.29, 0.717) is 10.8 Å². The molecule has 0 aliphatic heterocycles. The van der Waals surface area contributed by atoms with E-state index in [9.17, 15) is 0 Å². The van der Waals surface area contributed by atoms with E-state index in [-0.39, 0.29) is 0 Å². The number of rotatable bonds is 7. The molecule has 21 heavy (non-hydrogen) atoms. The Morgan fingerprint density at radius 3 is 2.62 bits per heavy atom. The summed E-state index contributed by atoms with van der Waals surface area (Å²) in [6.45, 7) is 10.3. The lowest BCUT2D eigenvalue weighted by molar-refractivity contribution is 0.419. The fourth-order valence-electron chi connectivity index (χ4n) is 2.70. The summed E-state index contributed by atoms with van der Waals surface area (Å²) < 4.78 is 0.331. The number of hydrogen-bond acceptors (Lipinski definition) is 2. The summed E-state index contributed by atoms with van der Waals surface area (Å²) in [5.41, 5.74) is 3.03. The predicted molar refractivity (Wildman–Crippen MR) is 96.3 cm³/mol. The third-order valence-electron chi connectivity index (χ3n) is 4.21. The van der Waals surface area contributed by atoms with Crippen molar-refractivity contribution in [3.05, 3.63) is 35.4 Å². The summed E-state index contributed by atoms with van der Waals surface area (Å²) in [5, 5.41) is 3.74. The van der Waals surface area contributed by atoms with Crippen molar-refractivity contribution in [3.63, 3.8) is 0 Å². The predicted octanol–water partition coefficient (Wildman–Crippen LogP) is 5.53. The van der Waals surface area contributed by atoms with Gasteiger partial charge in [-0.05, 0) is 42.9 Å². The summed E-state index contributed by atoms with van der Waals surface area (Å²) in [6, 6.07) is 9.82. The Morgan fingerprint density at radius 2 is 2.05 bits per heavy atom. The van der Waals surface area contributed by atoms with Crippen LogP contribution in [0.15, 0.2) is 24.3 Å². The van der Waals surface area contributed by atoms with Crippen molar-refractivity contribution in [3.8, 4) is 0 Å². The van der Waals surface area contributed by atoms with Crippen LogP contribution in [-0.4, -0.2) is 17.0 Å². The Kier molecular flexibility index (Phi) is 6.19. The van der Waals surface area contributed by atoms with Gasteiger partial charge in [-0.15, -0.1) is 0 Å². The van der Waals surface area contributed by atoms with Crippen LogP contribution in [0, 0.1) is 0 Å². The van der Waals surface area contributed by atoms with Crippen molar-refractivity contribution in [2.24, 2.45) is 0 Å². The highest BCUT2D eigenvalue weighted by molar-refractivity contribution is 8.00. The maximum absolute atomic E-state index is 3.74. The SMILES string of the molecule is CCCNC(CSC(C)(C)C)c1cccc(C2CCC2)c1. The first-order chi connectivity index (χ1) is 9.99. The molecular formula is C19H31NS. The zero-order valence-corrected chi connectivity index (χ0v) is 14.9. The number of benzene rings is 1. The van der Waals surface area contributed by atoms with Crippen LogP contribution in [0.25, 0.3) is 0 Å². The molecule has 1 atom stereocenters. The van der Waals surface area contributed by atoms with Crippen LogP contribution in [0.4, 0.5) is 0 Å². The maximum atomic E-state index is 3.74. The smallest absolute Gasteiger partial charge is 0.0412 e. The molecule has 0 bridgehead atoms. The molecule has 1 aliphatic rings. The molecule has 1 aliphatic carbocycles. The topological polar surface area (TPSA) is 12.0 Å². The van der Waals surface area contributed by atoms with Gasteiger partial charge in [0.2, 0.25) is 0 Å². The van der Waals surface area contributed by atoms with Crippen molar-refractivity contribution >= 4 is 11.8 Å². The van der Waals surface area contributed by atoms with Gasteiger partial charge in [-0.2, -0.15) is 11.8 Å². The first-order valence-electron chi connectivity index (χ1n) is 8.47. The lowest BCUT2D eigenvalue weighted by Gasteiger charge is -2.28. The van der Waals surface area contributed by atoms with Crippen LogP contribution in [-0.2, 0) is 0 Å². The molecule has 0 radical (unpaired) electrons. The van der Waals surface area contributed by atoms with Gasteiger partial charge in [0.05, 0.1) is 0 Å². The third-order valence-corrected chi connectivity index (χ3v) is 5.58. The summed E-state index contributed by atoms with van der Waals surface area (Å²) in [7, 11) is 0. The fraction of sp³-hybridized carbons (Fsp3) is 0.684. The van der Waals surface area contributed by atoms with Crippen LogP contribution in [0.3, 0.4) is 0 Å². The quantitative estimate of drug-likeness (QED) is 0.711. The second-order valence-corrected chi connectivity index (χ2v) is 9.07. The first kappa shape index (κ1) is 16.9. The second-order valence-electron chi connectivity index (χ2n) is 7.23. The Bertz CT molecular complexity index is 431. The van der Waals surface area contributed by atoms with Gasteiger partial charge in [0.1, 0.15) is 0 Å². The number of nitrogens with one attached hydrogen (secondary N) is 1. The lowest BCUT2D eigenvalue weighted by Crippen LogP contribution is -2.26. The third kappa shape index (κ3) is 5.34. The highest BCUT2D eigenvalue weighted by Gasteiger charge is 2.21. The van der Waals surface area contributed by atoms with Crippen LogP contribution >= 0.6 is 11.8 Å². The van der Waals surface area contributed by atoms with E-state index >= 15 is 0 Å². The fourth-order valence-corrected chi connectivity index (χ4v) is 3.67. The highest BCUT2D eigenvalue weighted by Crippen LogP contribution is 2.37. The minimum Gasteiger partial charge on any atom is -0.309 e. The minimum atomic E-state index is 0.331. The summed E-state index contributed by atoms with van der Waals surface area (Å²) in [4.78, 5) is 0. The number of thioether (sulfide) groups is 1. The summed E-state index contributed by atoms with van der Waals surface area (Å²) >= 11 is 2.06. The van der Waals surface area contributed by atoms with Crippen LogP contribution < -0.4 is 5.32 Å². The molecule has 1 nitrogen and oxygen atoms in total. The lowest BCUT2D eigenvalue weighted by atomic mass is 9.79. The van der Waals surface area contributed by atoms with Crippen molar-refractivity contribution < 1.29 is 0 Å². The average molecular weight is 306 g/mol. The van der Waals surface area contributed by atoms with E-state index in [1.807, 2.05) is 0 Å². The molecule has 1 aromatic rings. The zero-order chi connectivity index (χ0) is 15.3. The Hall–Kier alpha value is -0.470. The Morgan fingerprint density at radius 1 is 1.29 bits per heavy atom. The van der Waals surface area contributed by atoms with Crippen LogP contribution in [0.2, 0.25) is 0 Å². The minimum absolute atomic E-state index is 0.331. The molecule has 118 valence electrons. The van der Waals surface area contributed by atoms with E-state index < -0.39 is 0 Å². The van der Waals surface area contributed by atoms with Crippen molar-refractivity contribution in [2.75, 3.05) is 12.3 Å². The molecule has 0 amide bonds. The van der Waals surface area contributed by atoms with Gasteiger partial charge in [0, 0.05) is 16.5 Å². The first-order valence-corrected chi connectivity index (χ1v) is 9.45. The van der Waals surface area contributed by atoms with Crippen LogP contribution in [0.5, 0.6) is 0 Å². The van der Waals surface area contributed by atoms with Gasteiger partial charge >= 0.3 is 0 Å². The van der Waals surface area contributed by atoms with Gasteiger partial charge in [0.15, 0.2) is 0 Å². The Labute approximate surface area is 135 Å². The largest absolute Gasteiger partial charge is 0.309 e. The van der Waals surface area contributed by atoms with E-state index in [1.165, 1.54) is 31.2 Å². The highest BCUT2D eigenvalue weighted by atomic mass is 32.2.